The van der Waals surface area contributed by atoms with Crippen molar-refractivity contribution in [3.8, 4) is 0 Å². The predicted octanol–water partition coefficient (Wildman–Crippen LogP) is 1.39. The molecule has 1 saturated heterocycles. The van der Waals surface area contributed by atoms with E-state index in [0.717, 1.165) is 17.6 Å². The monoisotopic (exact) mass is 296 g/mol. The van der Waals surface area contributed by atoms with Crippen molar-refractivity contribution >= 4 is 5.82 Å². The number of nitro groups is 1. The standard InChI is InChI=1S/C14H26N5O2/c1-14(2,3)17-7-11(8-17)19(5,6)9-12-13(18(20)21)15-10-16(12)4/h10-11H,7-9H2,1-6H3/q+1. The number of likely N-dealkylation sites (N-methyl/N-ethyl adjacent to an activating group) is 1. The Hall–Kier alpha value is -1.47. The minimum absolute atomic E-state index is 0.0179. The topological polar surface area (TPSA) is 64.2 Å². The van der Waals surface area contributed by atoms with Gasteiger partial charge in [0, 0.05) is 12.6 Å². The summed E-state index contributed by atoms with van der Waals surface area (Å²) in [4.78, 5) is 17.0. The average Bonchev–Trinajstić information content (AvgIpc) is 2.54. The predicted molar refractivity (Wildman–Crippen MR) is 80.8 cm³/mol. The molecule has 0 spiro atoms. The molecule has 0 unspecified atom stereocenters. The Morgan fingerprint density at radius 3 is 2.48 bits per heavy atom. The van der Waals surface area contributed by atoms with Gasteiger partial charge in [0.05, 0.1) is 27.2 Å². The normalized spacial score (nSPS) is 17.8. The molecule has 7 nitrogen and oxygen atoms in total. The fourth-order valence-electron chi connectivity index (χ4n) is 2.74. The smallest absolute Gasteiger partial charge is 0.358 e. The minimum Gasteiger partial charge on any atom is -0.358 e. The number of hydrogen-bond acceptors (Lipinski definition) is 4. The van der Waals surface area contributed by atoms with E-state index in [9.17, 15) is 10.1 Å². The van der Waals surface area contributed by atoms with E-state index < -0.39 is 4.92 Å². The second-order valence-corrected chi connectivity index (χ2v) is 7.55. The van der Waals surface area contributed by atoms with Crippen LogP contribution >= 0.6 is 0 Å². The first kappa shape index (κ1) is 15.9. The third-order valence-corrected chi connectivity index (χ3v) is 4.57. The van der Waals surface area contributed by atoms with Crippen molar-refractivity contribution < 1.29 is 9.41 Å². The summed E-state index contributed by atoms with van der Waals surface area (Å²) in [6.45, 7) is 9.33. The second-order valence-electron chi connectivity index (χ2n) is 7.55. The highest BCUT2D eigenvalue weighted by molar-refractivity contribution is 5.26. The second kappa shape index (κ2) is 5.06. The van der Waals surface area contributed by atoms with Gasteiger partial charge in [0.25, 0.3) is 0 Å². The Balaban J connectivity index is 2.09. The number of likely N-dealkylation sites (tertiary alicyclic amines) is 1. The van der Waals surface area contributed by atoms with E-state index in [1.807, 2.05) is 7.05 Å². The lowest BCUT2D eigenvalue weighted by Crippen LogP contribution is -2.69. The Morgan fingerprint density at radius 1 is 1.43 bits per heavy atom. The molecule has 1 aromatic heterocycles. The first-order valence-electron chi connectivity index (χ1n) is 7.24. The number of imidazole rings is 1. The molecule has 0 bridgehead atoms. The molecule has 0 atom stereocenters. The van der Waals surface area contributed by atoms with Crippen LogP contribution in [-0.2, 0) is 13.6 Å². The summed E-state index contributed by atoms with van der Waals surface area (Å²) in [5.74, 6) is -0.0179. The molecular weight excluding hydrogens is 270 g/mol. The average molecular weight is 296 g/mol. The molecule has 21 heavy (non-hydrogen) atoms. The molecule has 0 amide bonds. The van der Waals surface area contributed by atoms with Crippen molar-refractivity contribution in [3.05, 3.63) is 22.1 Å². The number of aryl methyl sites for hydroxylation is 1. The number of nitrogens with zero attached hydrogens (tertiary/aromatic N) is 5. The molecule has 0 saturated carbocycles. The van der Waals surface area contributed by atoms with Crippen LogP contribution in [0.4, 0.5) is 5.82 Å². The van der Waals surface area contributed by atoms with E-state index in [2.05, 4.69) is 44.8 Å². The van der Waals surface area contributed by atoms with Gasteiger partial charge in [-0.2, -0.15) is 0 Å². The van der Waals surface area contributed by atoms with Gasteiger partial charge < -0.3 is 19.2 Å². The van der Waals surface area contributed by atoms with E-state index >= 15 is 0 Å². The zero-order chi connectivity index (χ0) is 16.0. The number of aromatic nitrogens is 2. The van der Waals surface area contributed by atoms with Crippen LogP contribution in [-0.4, -0.2) is 62.6 Å². The van der Waals surface area contributed by atoms with Gasteiger partial charge in [-0.15, -0.1) is 0 Å². The zero-order valence-electron chi connectivity index (χ0n) is 13.8. The van der Waals surface area contributed by atoms with Crippen molar-refractivity contribution in [1.82, 2.24) is 14.5 Å². The minimum atomic E-state index is -0.391. The highest BCUT2D eigenvalue weighted by atomic mass is 16.6. The molecule has 0 N–H and O–H groups in total. The van der Waals surface area contributed by atoms with Gasteiger partial charge in [0.2, 0.25) is 6.33 Å². The van der Waals surface area contributed by atoms with Crippen LogP contribution < -0.4 is 0 Å². The quantitative estimate of drug-likeness (QED) is 0.478. The fourth-order valence-corrected chi connectivity index (χ4v) is 2.74. The summed E-state index contributed by atoms with van der Waals surface area (Å²) in [5.41, 5.74) is 0.883. The van der Waals surface area contributed by atoms with E-state index in [4.69, 9.17) is 0 Å². The summed E-state index contributed by atoms with van der Waals surface area (Å²) in [5, 5.41) is 11.1. The summed E-state index contributed by atoms with van der Waals surface area (Å²) in [7, 11) is 6.10. The van der Waals surface area contributed by atoms with Gasteiger partial charge in [-0.05, 0) is 30.7 Å². The van der Waals surface area contributed by atoms with Gasteiger partial charge in [-0.1, -0.05) is 0 Å². The van der Waals surface area contributed by atoms with Gasteiger partial charge in [0.1, 0.15) is 12.6 Å². The SMILES string of the molecule is Cn1cnc([N+](=O)[O-])c1C[N+](C)(C)C1CN(C(C)(C)C)C1. The van der Waals surface area contributed by atoms with E-state index in [1.54, 1.807) is 4.57 Å². The highest BCUT2D eigenvalue weighted by Gasteiger charge is 2.44. The molecule has 1 aliphatic rings. The maximum absolute atomic E-state index is 11.1. The van der Waals surface area contributed by atoms with Crippen molar-refractivity contribution in [1.29, 1.82) is 0 Å². The zero-order valence-corrected chi connectivity index (χ0v) is 13.8. The molecule has 1 fully saturated rings. The maximum Gasteiger partial charge on any atom is 0.390 e. The molecule has 1 aromatic rings. The van der Waals surface area contributed by atoms with E-state index in [1.165, 1.54) is 6.33 Å². The molecule has 0 radical (unpaired) electrons. The van der Waals surface area contributed by atoms with Crippen LogP contribution in [0.1, 0.15) is 26.5 Å². The summed E-state index contributed by atoms with van der Waals surface area (Å²) in [6.07, 6.45) is 1.52. The first-order chi connectivity index (χ1) is 9.52. The maximum atomic E-state index is 11.1. The molecule has 118 valence electrons. The van der Waals surface area contributed by atoms with E-state index in [-0.39, 0.29) is 11.4 Å². The van der Waals surface area contributed by atoms with Crippen LogP contribution in [0.15, 0.2) is 6.33 Å². The Morgan fingerprint density at radius 2 is 2.00 bits per heavy atom. The number of rotatable bonds is 4. The molecule has 0 aromatic carbocycles. The lowest BCUT2D eigenvalue weighted by molar-refractivity contribution is -0.933. The molecule has 7 heteroatoms. The van der Waals surface area contributed by atoms with Crippen LogP contribution in [0.5, 0.6) is 0 Å². The fraction of sp³-hybridized carbons (Fsp3) is 0.786. The molecule has 1 aliphatic heterocycles. The largest absolute Gasteiger partial charge is 0.390 e. The van der Waals surface area contributed by atoms with Crippen molar-refractivity contribution in [2.45, 2.75) is 38.9 Å². The van der Waals surface area contributed by atoms with Gasteiger partial charge in [0.15, 0.2) is 5.69 Å². The number of quaternary nitrogens is 1. The highest BCUT2D eigenvalue weighted by Crippen LogP contribution is 2.29. The third-order valence-electron chi connectivity index (χ3n) is 4.57. The van der Waals surface area contributed by atoms with Crippen LogP contribution in [0, 0.1) is 10.1 Å². The third kappa shape index (κ3) is 3.08. The Labute approximate surface area is 125 Å². The van der Waals surface area contributed by atoms with Crippen LogP contribution in [0.3, 0.4) is 0 Å². The van der Waals surface area contributed by atoms with Gasteiger partial charge >= 0.3 is 5.82 Å². The Bertz CT molecular complexity index is 538. The Kier molecular flexibility index (Phi) is 3.84. The van der Waals surface area contributed by atoms with Crippen molar-refractivity contribution in [2.75, 3.05) is 27.2 Å². The van der Waals surface area contributed by atoms with Crippen LogP contribution in [0.25, 0.3) is 0 Å². The molecule has 0 aliphatic carbocycles. The van der Waals surface area contributed by atoms with Gasteiger partial charge in [-0.3, -0.25) is 4.90 Å². The summed E-state index contributed by atoms with van der Waals surface area (Å²) in [6, 6.07) is 0.499. The van der Waals surface area contributed by atoms with Crippen molar-refractivity contribution in [2.24, 2.45) is 7.05 Å². The molecular formula is C14H26N5O2+. The lowest BCUT2D eigenvalue weighted by Gasteiger charge is -2.53. The van der Waals surface area contributed by atoms with Gasteiger partial charge in [-0.25, -0.2) is 0 Å². The lowest BCUT2D eigenvalue weighted by atomic mass is 9.95. The first-order valence-corrected chi connectivity index (χ1v) is 7.24. The molecule has 2 rings (SSSR count). The molecule has 2 heterocycles. The van der Waals surface area contributed by atoms with E-state index in [0.29, 0.717) is 18.3 Å². The summed E-state index contributed by atoms with van der Waals surface area (Å²) < 4.78 is 2.51. The summed E-state index contributed by atoms with van der Waals surface area (Å²) >= 11 is 0. The number of hydrogen-bond donors (Lipinski definition) is 0. The van der Waals surface area contributed by atoms with Crippen molar-refractivity contribution in [3.63, 3.8) is 0 Å². The van der Waals surface area contributed by atoms with Crippen LogP contribution in [0.2, 0.25) is 0 Å².